The molecule has 9 heteroatoms. The van der Waals surface area contributed by atoms with Crippen LogP contribution < -0.4 is 15.4 Å². The van der Waals surface area contributed by atoms with Crippen LogP contribution in [0.5, 0.6) is 5.75 Å². The first-order chi connectivity index (χ1) is 18.5. The first-order valence-corrected chi connectivity index (χ1v) is 13.3. The zero-order valence-corrected chi connectivity index (χ0v) is 21.5. The molecule has 8 nitrogen and oxygen atoms in total. The van der Waals surface area contributed by atoms with Crippen LogP contribution in [-0.2, 0) is 17.7 Å². The van der Waals surface area contributed by atoms with Crippen molar-refractivity contribution in [3.63, 3.8) is 0 Å². The minimum absolute atomic E-state index is 0.141. The molecule has 4 aromatic rings. The van der Waals surface area contributed by atoms with Crippen molar-refractivity contribution in [2.45, 2.75) is 26.1 Å². The zero-order chi connectivity index (χ0) is 26.2. The van der Waals surface area contributed by atoms with Crippen molar-refractivity contribution in [2.75, 3.05) is 18.5 Å². The summed E-state index contributed by atoms with van der Waals surface area (Å²) in [6, 6.07) is 20.3. The number of rotatable bonds is 4. The third-order valence-electron chi connectivity index (χ3n) is 6.79. The number of carbonyl (C=O) groups excluding carboxylic acids is 3. The van der Waals surface area contributed by atoms with Gasteiger partial charge in [-0.3, -0.25) is 4.79 Å². The van der Waals surface area contributed by atoms with Gasteiger partial charge in [0.1, 0.15) is 16.9 Å². The molecule has 1 aromatic heterocycles. The van der Waals surface area contributed by atoms with Crippen LogP contribution in [0.1, 0.15) is 49.8 Å². The third-order valence-corrected chi connectivity index (χ3v) is 7.94. The highest BCUT2D eigenvalue weighted by Gasteiger charge is 2.34. The molecule has 0 saturated heterocycles. The van der Waals surface area contributed by atoms with E-state index in [4.69, 9.17) is 9.47 Å². The number of anilines is 1. The van der Waals surface area contributed by atoms with Crippen molar-refractivity contribution >= 4 is 45.1 Å². The van der Waals surface area contributed by atoms with Crippen LogP contribution in [0.2, 0.25) is 0 Å². The summed E-state index contributed by atoms with van der Waals surface area (Å²) in [5.74, 6) is -0.151. The van der Waals surface area contributed by atoms with E-state index in [-0.39, 0.29) is 12.0 Å². The lowest BCUT2D eigenvalue weighted by molar-refractivity contribution is 0.0736. The summed E-state index contributed by atoms with van der Waals surface area (Å²) in [5, 5.41) is 9.05. The molecule has 1 unspecified atom stereocenters. The van der Waals surface area contributed by atoms with E-state index in [1.54, 1.807) is 30.0 Å². The molecule has 6 rings (SSSR count). The summed E-state index contributed by atoms with van der Waals surface area (Å²) in [5.41, 5.74) is 2.98. The second-order valence-corrected chi connectivity index (χ2v) is 10.2. The Bertz CT molecular complexity index is 1560. The fourth-order valence-electron chi connectivity index (χ4n) is 4.95. The average molecular weight is 528 g/mol. The van der Waals surface area contributed by atoms with E-state index in [0.29, 0.717) is 43.0 Å². The number of nitrogens with zero attached hydrogens (tertiary/aromatic N) is 1. The van der Waals surface area contributed by atoms with Crippen LogP contribution >= 0.6 is 11.3 Å². The van der Waals surface area contributed by atoms with Gasteiger partial charge in [0, 0.05) is 11.4 Å². The fraction of sp³-hybridized carbons (Fsp3) is 0.207. The molecule has 2 aliphatic heterocycles. The van der Waals surface area contributed by atoms with Crippen molar-refractivity contribution in [1.82, 2.24) is 10.2 Å². The number of benzene rings is 3. The van der Waals surface area contributed by atoms with Crippen LogP contribution in [0.15, 0.2) is 66.7 Å². The van der Waals surface area contributed by atoms with Crippen molar-refractivity contribution in [3.8, 4) is 5.75 Å². The quantitative estimate of drug-likeness (QED) is 0.269. The lowest BCUT2D eigenvalue weighted by atomic mass is 10.0. The molecule has 2 N–H and O–H groups in total. The van der Waals surface area contributed by atoms with Gasteiger partial charge in [0.05, 0.1) is 24.3 Å². The Kier molecular flexibility index (Phi) is 6.21. The fourth-order valence-corrected chi connectivity index (χ4v) is 6.24. The molecule has 0 fully saturated rings. The maximum Gasteiger partial charge on any atom is 0.410 e. The molecule has 1 atom stereocenters. The van der Waals surface area contributed by atoms with Crippen molar-refractivity contribution in [1.29, 1.82) is 0 Å². The lowest BCUT2D eigenvalue weighted by Gasteiger charge is -2.28. The van der Waals surface area contributed by atoms with Crippen LogP contribution in [0.3, 0.4) is 0 Å². The van der Waals surface area contributed by atoms with Gasteiger partial charge >= 0.3 is 12.1 Å². The first kappa shape index (κ1) is 24.0. The second kappa shape index (κ2) is 9.83. The number of hydrogen-bond donors (Lipinski definition) is 2. The predicted octanol–water partition coefficient (Wildman–Crippen LogP) is 5.49. The topological polar surface area (TPSA) is 97.0 Å². The van der Waals surface area contributed by atoms with Gasteiger partial charge in [-0.05, 0) is 53.4 Å². The third kappa shape index (κ3) is 4.35. The number of thiophene rings is 1. The maximum atomic E-state index is 13.1. The van der Waals surface area contributed by atoms with E-state index >= 15 is 0 Å². The van der Waals surface area contributed by atoms with Gasteiger partial charge in [-0.15, -0.1) is 11.3 Å². The minimum Gasteiger partial charge on any atom is -0.450 e. The van der Waals surface area contributed by atoms with Crippen molar-refractivity contribution in [2.24, 2.45) is 0 Å². The van der Waals surface area contributed by atoms with E-state index in [9.17, 15) is 14.4 Å². The highest BCUT2D eigenvalue weighted by atomic mass is 32.1. The summed E-state index contributed by atoms with van der Waals surface area (Å²) in [7, 11) is 0. The van der Waals surface area contributed by atoms with Gasteiger partial charge < -0.3 is 25.0 Å². The molecule has 0 saturated carbocycles. The van der Waals surface area contributed by atoms with E-state index < -0.39 is 12.1 Å². The number of amides is 2. The maximum absolute atomic E-state index is 13.1. The van der Waals surface area contributed by atoms with Crippen molar-refractivity contribution < 1.29 is 23.9 Å². The molecule has 2 amide bonds. The minimum atomic E-state index is -0.431. The smallest absolute Gasteiger partial charge is 0.410 e. The van der Waals surface area contributed by atoms with E-state index in [0.717, 1.165) is 31.8 Å². The number of ether oxygens (including phenoxy) is 2. The molecular weight excluding hydrogens is 502 g/mol. The highest BCUT2D eigenvalue weighted by Crippen LogP contribution is 2.41. The molecule has 3 heterocycles. The zero-order valence-electron chi connectivity index (χ0n) is 20.7. The molecule has 0 radical (unpaired) electrons. The molecule has 0 spiro atoms. The number of fused-ring (bicyclic) bond motifs is 4. The summed E-state index contributed by atoms with van der Waals surface area (Å²) < 4.78 is 10.8. The molecule has 0 bridgehead atoms. The van der Waals surface area contributed by atoms with Gasteiger partial charge in [0.15, 0.2) is 0 Å². The molecule has 192 valence electrons. The summed E-state index contributed by atoms with van der Waals surface area (Å²) >= 11 is 1.50. The van der Waals surface area contributed by atoms with E-state index in [1.807, 2.05) is 48.5 Å². The molecule has 0 aliphatic carbocycles. The summed E-state index contributed by atoms with van der Waals surface area (Å²) in [4.78, 5) is 40.8. The standard InChI is InChI=1S/C29H25N3O5S/c1-2-36-29(35)32-15-14-22-23(16-32)38-27-24(22)26(33)30-25(31-27)18-10-12-19(13-11-18)37-28(34)21-9-5-7-17-6-3-4-8-20(17)21/h3-13,25,31H,2,14-16H2,1H3,(H,30,33). The second-order valence-electron chi connectivity index (χ2n) is 9.11. The van der Waals surface area contributed by atoms with Gasteiger partial charge in [-0.2, -0.15) is 0 Å². The lowest BCUT2D eigenvalue weighted by Crippen LogP contribution is -2.39. The SMILES string of the molecule is CCOC(=O)N1CCc2c(sc3c2C(=O)NC(c2ccc(OC(=O)c4cccc5ccccc45)cc2)N3)C1. The van der Waals surface area contributed by atoms with Crippen LogP contribution in [0.25, 0.3) is 10.8 Å². The van der Waals surface area contributed by atoms with Gasteiger partial charge in [-0.25, -0.2) is 9.59 Å². The Morgan fingerprint density at radius 2 is 1.82 bits per heavy atom. The van der Waals surface area contributed by atoms with E-state index in [2.05, 4.69) is 10.6 Å². The molecule has 2 aliphatic rings. The molecular formula is C29H25N3O5S. The normalized spacial score (nSPS) is 16.2. The number of nitrogens with one attached hydrogen (secondary N) is 2. The highest BCUT2D eigenvalue weighted by molar-refractivity contribution is 7.16. The number of esters is 1. The van der Waals surface area contributed by atoms with Gasteiger partial charge in [0.25, 0.3) is 5.91 Å². The van der Waals surface area contributed by atoms with Gasteiger partial charge in [0.2, 0.25) is 0 Å². The Balaban J connectivity index is 1.17. The molecule has 3 aromatic carbocycles. The largest absolute Gasteiger partial charge is 0.450 e. The van der Waals surface area contributed by atoms with E-state index in [1.165, 1.54) is 11.3 Å². The Labute approximate surface area is 223 Å². The average Bonchev–Trinajstić information content (AvgIpc) is 3.31. The summed E-state index contributed by atoms with van der Waals surface area (Å²) in [6.07, 6.45) is -0.156. The van der Waals surface area contributed by atoms with Gasteiger partial charge in [-0.1, -0.05) is 48.5 Å². The predicted molar refractivity (Wildman–Crippen MR) is 145 cm³/mol. The van der Waals surface area contributed by atoms with Crippen LogP contribution in [0, 0.1) is 0 Å². The Morgan fingerprint density at radius 3 is 2.63 bits per heavy atom. The summed E-state index contributed by atoms with van der Waals surface area (Å²) in [6.45, 7) is 3.07. The first-order valence-electron chi connectivity index (χ1n) is 12.5. The Hall–Kier alpha value is -4.37. The van der Waals surface area contributed by atoms with Crippen LogP contribution in [-0.4, -0.2) is 36.0 Å². The molecule has 38 heavy (non-hydrogen) atoms. The van der Waals surface area contributed by atoms with Crippen molar-refractivity contribution in [3.05, 3.63) is 93.9 Å². The number of hydrogen-bond acceptors (Lipinski definition) is 7. The Morgan fingerprint density at radius 1 is 1.03 bits per heavy atom. The monoisotopic (exact) mass is 527 g/mol. The number of carbonyl (C=O) groups is 3. The van der Waals surface area contributed by atoms with Crippen LogP contribution in [0.4, 0.5) is 9.80 Å².